The first kappa shape index (κ1) is 29.5. The standard InChI is InChI=1S/C32H50O6/c1-6-7-8-9-10-11-12-13-14-15-26(34)38-31-18-22(3)32(37)24(27(31)29(31,4)5)17-23(20-33)19-30(36)25(32)16-21(2)28(30)35/h16-17,22,24-25,27,33,36-37H,6-15,18-20H2,1-5H3/t22-,24+,25-,27+,30-,31+,32-/m0/s1. The maximum Gasteiger partial charge on any atom is 0.306 e. The first-order valence-electron chi connectivity index (χ1n) is 15.1. The molecule has 4 aliphatic carbocycles. The van der Waals surface area contributed by atoms with Crippen molar-refractivity contribution in [3.05, 3.63) is 23.3 Å². The van der Waals surface area contributed by atoms with Crippen LogP contribution in [0.25, 0.3) is 0 Å². The highest BCUT2D eigenvalue weighted by atomic mass is 16.6. The Labute approximate surface area is 228 Å². The summed E-state index contributed by atoms with van der Waals surface area (Å²) in [7, 11) is 0. The number of carbonyl (C=O) groups is 2. The second-order valence-electron chi connectivity index (χ2n) is 13.4. The van der Waals surface area contributed by atoms with Crippen molar-refractivity contribution in [3.63, 3.8) is 0 Å². The highest BCUT2D eigenvalue weighted by molar-refractivity contribution is 6.04. The van der Waals surface area contributed by atoms with Crippen LogP contribution in [0.3, 0.4) is 0 Å². The molecule has 0 heterocycles. The summed E-state index contributed by atoms with van der Waals surface area (Å²) in [6, 6.07) is 0. The van der Waals surface area contributed by atoms with Crippen LogP contribution in [0.15, 0.2) is 23.3 Å². The average molecular weight is 531 g/mol. The number of carbonyl (C=O) groups excluding carboxylic acids is 2. The Kier molecular flexibility index (Phi) is 8.39. The summed E-state index contributed by atoms with van der Waals surface area (Å²) in [5, 5.41) is 34.1. The van der Waals surface area contributed by atoms with E-state index in [2.05, 4.69) is 20.8 Å². The van der Waals surface area contributed by atoms with Crippen LogP contribution in [0.2, 0.25) is 0 Å². The van der Waals surface area contributed by atoms with Crippen molar-refractivity contribution in [2.24, 2.45) is 29.1 Å². The summed E-state index contributed by atoms with van der Waals surface area (Å²) in [5.74, 6) is -2.25. The lowest BCUT2D eigenvalue weighted by atomic mass is 9.60. The lowest BCUT2D eigenvalue weighted by Crippen LogP contribution is -2.61. The molecule has 2 fully saturated rings. The molecular formula is C32H50O6. The van der Waals surface area contributed by atoms with Crippen molar-refractivity contribution in [1.82, 2.24) is 0 Å². The van der Waals surface area contributed by atoms with E-state index in [1.807, 2.05) is 13.0 Å². The molecule has 0 spiro atoms. The first-order chi connectivity index (χ1) is 17.9. The Morgan fingerprint density at radius 1 is 1.03 bits per heavy atom. The topological polar surface area (TPSA) is 104 Å². The van der Waals surface area contributed by atoms with Crippen molar-refractivity contribution < 1.29 is 29.6 Å². The summed E-state index contributed by atoms with van der Waals surface area (Å²) in [6.45, 7) is 9.74. The van der Waals surface area contributed by atoms with Gasteiger partial charge in [-0.25, -0.2) is 0 Å². The highest BCUT2D eigenvalue weighted by Gasteiger charge is 2.83. The van der Waals surface area contributed by atoms with Gasteiger partial charge in [-0.15, -0.1) is 0 Å². The number of hydrogen-bond donors (Lipinski definition) is 3. The van der Waals surface area contributed by atoms with Gasteiger partial charge in [0.1, 0.15) is 11.2 Å². The molecule has 6 heteroatoms. The average Bonchev–Trinajstić information content (AvgIpc) is 3.26. The minimum atomic E-state index is -1.76. The molecule has 214 valence electrons. The Morgan fingerprint density at radius 2 is 1.63 bits per heavy atom. The number of fused-ring (bicyclic) bond motifs is 5. The second kappa shape index (κ2) is 10.8. The normalized spacial score (nSPS) is 38.9. The number of rotatable bonds is 12. The van der Waals surface area contributed by atoms with Crippen LogP contribution in [0.1, 0.15) is 112 Å². The molecule has 0 saturated heterocycles. The van der Waals surface area contributed by atoms with Crippen LogP contribution >= 0.6 is 0 Å². The van der Waals surface area contributed by atoms with Crippen molar-refractivity contribution in [1.29, 1.82) is 0 Å². The van der Waals surface area contributed by atoms with Crippen molar-refractivity contribution in [2.75, 3.05) is 6.61 Å². The van der Waals surface area contributed by atoms with Gasteiger partial charge in [0.25, 0.3) is 0 Å². The summed E-state index contributed by atoms with van der Waals surface area (Å²) in [4.78, 5) is 26.1. The van der Waals surface area contributed by atoms with E-state index in [1.54, 1.807) is 13.0 Å². The molecule has 0 aromatic heterocycles. The molecule has 4 rings (SSSR count). The number of aliphatic hydroxyl groups is 3. The second-order valence-corrected chi connectivity index (χ2v) is 13.4. The van der Waals surface area contributed by atoms with Crippen LogP contribution in [0, 0.1) is 29.1 Å². The summed E-state index contributed by atoms with van der Waals surface area (Å²) in [5.41, 5.74) is -3.20. The van der Waals surface area contributed by atoms with Crippen molar-refractivity contribution >= 4 is 11.8 Å². The lowest BCUT2D eigenvalue weighted by Gasteiger charge is -2.50. The van der Waals surface area contributed by atoms with Gasteiger partial charge in [-0.3, -0.25) is 9.59 Å². The molecule has 4 aliphatic rings. The summed E-state index contributed by atoms with van der Waals surface area (Å²) in [6.07, 6.45) is 15.2. The Hall–Kier alpha value is -1.50. The molecule has 0 unspecified atom stereocenters. The number of unbranched alkanes of at least 4 members (excludes halogenated alkanes) is 8. The third kappa shape index (κ3) is 4.62. The molecule has 0 aromatic rings. The molecule has 38 heavy (non-hydrogen) atoms. The van der Waals surface area contributed by atoms with Gasteiger partial charge in [0, 0.05) is 36.0 Å². The molecular weight excluding hydrogens is 480 g/mol. The number of ether oxygens (including phenoxy) is 1. The van der Waals surface area contributed by atoms with Gasteiger partial charge in [-0.05, 0) is 36.8 Å². The zero-order valence-corrected chi connectivity index (χ0v) is 24.2. The summed E-state index contributed by atoms with van der Waals surface area (Å²) >= 11 is 0. The minimum absolute atomic E-state index is 0.00487. The fourth-order valence-electron chi connectivity index (χ4n) is 8.43. The zero-order valence-electron chi connectivity index (χ0n) is 24.2. The third-order valence-electron chi connectivity index (χ3n) is 10.7. The van der Waals surface area contributed by atoms with E-state index < -0.39 is 28.6 Å². The molecule has 2 saturated carbocycles. The fraction of sp³-hybridized carbons (Fsp3) is 0.812. The monoisotopic (exact) mass is 530 g/mol. The Balaban J connectivity index is 1.45. The smallest absolute Gasteiger partial charge is 0.306 e. The largest absolute Gasteiger partial charge is 0.458 e. The SMILES string of the molecule is CCCCCCCCCCCC(=O)O[C@]12C[C@H](C)[C@]3(O)[C@H](C=C(CO)C[C@@]4(O)C(=O)C(C)=C[C@H]34)[C@@H]1C2(C)C. The van der Waals surface area contributed by atoms with Crippen molar-refractivity contribution in [2.45, 2.75) is 128 Å². The molecule has 0 aliphatic heterocycles. The van der Waals surface area contributed by atoms with Crippen LogP contribution in [0.5, 0.6) is 0 Å². The number of aliphatic hydroxyl groups excluding tert-OH is 1. The predicted molar refractivity (Wildman–Crippen MR) is 147 cm³/mol. The van der Waals surface area contributed by atoms with Gasteiger partial charge in [-0.1, -0.05) is 91.2 Å². The molecule has 6 nitrogen and oxygen atoms in total. The molecule has 7 atom stereocenters. The van der Waals surface area contributed by atoms with Crippen LogP contribution in [-0.4, -0.2) is 50.5 Å². The van der Waals surface area contributed by atoms with E-state index in [-0.39, 0.29) is 42.0 Å². The number of hydrogen-bond acceptors (Lipinski definition) is 6. The first-order valence-corrected chi connectivity index (χ1v) is 15.1. The fourth-order valence-corrected chi connectivity index (χ4v) is 8.43. The van der Waals surface area contributed by atoms with Gasteiger partial charge < -0.3 is 20.1 Å². The quantitative estimate of drug-likeness (QED) is 0.177. The van der Waals surface area contributed by atoms with Gasteiger partial charge in [0.2, 0.25) is 0 Å². The number of ketones is 1. The van der Waals surface area contributed by atoms with E-state index in [9.17, 15) is 24.9 Å². The van der Waals surface area contributed by atoms with Crippen LogP contribution in [0.4, 0.5) is 0 Å². The molecule has 0 bridgehead atoms. The molecule has 0 aromatic carbocycles. The zero-order chi connectivity index (χ0) is 27.9. The lowest BCUT2D eigenvalue weighted by molar-refractivity contribution is -0.187. The van der Waals surface area contributed by atoms with E-state index in [0.717, 1.165) is 19.3 Å². The van der Waals surface area contributed by atoms with Gasteiger partial charge in [0.05, 0.1) is 12.2 Å². The maximum atomic E-state index is 13.1. The highest BCUT2D eigenvalue weighted by Crippen LogP contribution is 2.76. The number of esters is 1. The van der Waals surface area contributed by atoms with E-state index >= 15 is 0 Å². The summed E-state index contributed by atoms with van der Waals surface area (Å²) < 4.78 is 6.31. The third-order valence-corrected chi connectivity index (χ3v) is 10.7. The number of Topliss-reactive ketones (excluding diaryl/α,β-unsaturated/α-hetero) is 1. The molecule has 0 amide bonds. The van der Waals surface area contributed by atoms with Gasteiger partial charge >= 0.3 is 5.97 Å². The Bertz CT molecular complexity index is 980. The van der Waals surface area contributed by atoms with E-state index in [1.165, 1.54) is 38.5 Å². The van der Waals surface area contributed by atoms with Gasteiger partial charge in [0.15, 0.2) is 5.78 Å². The Morgan fingerprint density at radius 3 is 2.24 bits per heavy atom. The minimum Gasteiger partial charge on any atom is -0.458 e. The maximum absolute atomic E-state index is 13.1. The molecule has 3 N–H and O–H groups in total. The van der Waals surface area contributed by atoms with Gasteiger partial charge in [-0.2, -0.15) is 0 Å². The predicted octanol–water partition coefficient (Wildman–Crippen LogP) is 5.43. The van der Waals surface area contributed by atoms with Crippen LogP contribution < -0.4 is 0 Å². The van der Waals surface area contributed by atoms with E-state index in [0.29, 0.717) is 24.0 Å². The van der Waals surface area contributed by atoms with Crippen LogP contribution in [-0.2, 0) is 14.3 Å². The molecule has 0 radical (unpaired) electrons. The van der Waals surface area contributed by atoms with Crippen molar-refractivity contribution in [3.8, 4) is 0 Å². The van der Waals surface area contributed by atoms with E-state index in [4.69, 9.17) is 4.74 Å².